The Hall–Kier alpha value is -3.22. The molecule has 0 fully saturated rings. The lowest BCUT2D eigenvalue weighted by molar-refractivity contribution is -0.385. The third kappa shape index (κ3) is 2.83. The fourth-order valence-electron chi connectivity index (χ4n) is 2.74. The van der Waals surface area contributed by atoms with Crippen LogP contribution in [-0.4, -0.2) is 28.7 Å². The first-order valence-electron chi connectivity index (χ1n) is 7.39. The van der Waals surface area contributed by atoms with Gasteiger partial charge in [0, 0.05) is 37.0 Å². The highest BCUT2D eigenvalue weighted by Crippen LogP contribution is 2.32. The molecule has 0 aromatic heterocycles. The van der Waals surface area contributed by atoms with Gasteiger partial charge in [0.05, 0.1) is 10.6 Å². The molecule has 2 aromatic rings. The molecule has 2 aromatic carbocycles. The summed E-state index contributed by atoms with van der Waals surface area (Å²) >= 11 is 0. The maximum absolute atomic E-state index is 11.5. The molecule has 7 nitrogen and oxygen atoms in total. The number of nitrogens with zero attached hydrogens (tertiary/aromatic N) is 3. The van der Waals surface area contributed by atoms with E-state index in [0.29, 0.717) is 12.2 Å². The number of aromatic hydroxyl groups is 1. The lowest BCUT2D eigenvalue weighted by atomic mass is 10.1. The first-order valence-corrected chi connectivity index (χ1v) is 7.39. The second-order valence-electron chi connectivity index (χ2n) is 5.46. The maximum Gasteiger partial charge on any atom is 0.311 e. The standard InChI is InChI=1S/C17H15N3O4/c1-11(21)19-8-7-12-9-14(5-6-15(12)19)18-10-13-3-2-4-16(17(13)22)20(23)24/h2-6,9-10,22H,7-8H2,1H3. The highest BCUT2D eigenvalue weighted by Gasteiger charge is 2.22. The monoisotopic (exact) mass is 325 g/mol. The Morgan fingerprint density at radius 1 is 1.38 bits per heavy atom. The Morgan fingerprint density at radius 2 is 2.17 bits per heavy atom. The smallest absolute Gasteiger partial charge is 0.311 e. The van der Waals surface area contributed by atoms with E-state index in [2.05, 4.69) is 4.99 Å². The van der Waals surface area contributed by atoms with Crippen LogP contribution in [-0.2, 0) is 11.2 Å². The van der Waals surface area contributed by atoms with E-state index in [1.54, 1.807) is 17.0 Å². The van der Waals surface area contributed by atoms with Crippen LogP contribution in [0.3, 0.4) is 0 Å². The fourth-order valence-corrected chi connectivity index (χ4v) is 2.74. The molecule has 0 aliphatic carbocycles. The molecule has 0 bridgehead atoms. The average Bonchev–Trinajstić information content (AvgIpc) is 2.97. The van der Waals surface area contributed by atoms with Crippen LogP contribution < -0.4 is 4.90 Å². The van der Waals surface area contributed by atoms with Gasteiger partial charge in [0.2, 0.25) is 11.7 Å². The topological polar surface area (TPSA) is 96.0 Å². The summed E-state index contributed by atoms with van der Waals surface area (Å²) in [6.07, 6.45) is 2.15. The van der Waals surface area contributed by atoms with Crippen LogP contribution in [0, 0.1) is 10.1 Å². The molecule has 0 spiro atoms. The Kier molecular flexibility index (Phi) is 3.99. The van der Waals surface area contributed by atoms with Crippen LogP contribution in [0.1, 0.15) is 18.1 Å². The number of para-hydroxylation sites is 1. The third-order valence-electron chi connectivity index (χ3n) is 3.93. The van der Waals surface area contributed by atoms with Crippen molar-refractivity contribution in [1.82, 2.24) is 0 Å². The number of nitro benzene ring substituents is 1. The van der Waals surface area contributed by atoms with E-state index in [-0.39, 0.29) is 17.2 Å². The SMILES string of the molecule is CC(=O)N1CCc2cc(N=Cc3cccc([N+](=O)[O-])c3O)ccc21. The van der Waals surface area contributed by atoms with Crippen molar-refractivity contribution in [2.45, 2.75) is 13.3 Å². The van der Waals surface area contributed by atoms with Gasteiger partial charge in [-0.1, -0.05) is 6.07 Å². The van der Waals surface area contributed by atoms with E-state index in [4.69, 9.17) is 0 Å². The molecule has 1 heterocycles. The molecule has 122 valence electrons. The molecule has 0 radical (unpaired) electrons. The zero-order valence-corrected chi connectivity index (χ0v) is 13.0. The second kappa shape index (κ2) is 6.11. The van der Waals surface area contributed by atoms with Gasteiger partial charge in [-0.15, -0.1) is 0 Å². The Labute approximate surface area is 138 Å². The minimum absolute atomic E-state index is 0.00604. The minimum Gasteiger partial charge on any atom is -0.502 e. The van der Waals surface area contributed by atoms with Crippen LogP contribution in [0.5, 0.6) is 5.75 Å². The van der Waals surface area contributed by atoms with E-state index < -0.39 is 10.7 Å². The van der Waals surface area contributed by atoms with Crippen molar-refractivity contribution in [3.05, 3.63) is 57.6 Å². The zero-order chi connectivity index (χ0) is 17.3. The van der Waals surface area contributed by atoms with Gasteiger partial charge in [-0.2, -0.15) is 0 Å². The van der Waals surface area contributed by atoms with Crippen molar-refractivity contribution in [3.63, 3.8) is 0 Å². The Morgan fingerprint density at radius 3 is 2.88 bits per heavy atom. The fraction of sp³-hybridized carbons (Fsp3) is 0.176. The number of nitro groups is 1. The molecule has 24 heavy (non-hydrogen) atoms. The molecular weight excluding hydrogens is 310 g/mol. The molecule has 0 atom stereocenters. The normalized spacial score (nSPS) is 13.3. The lowest BCUT2D eigenvalue weighted by Crippen LogP contribution is -2.25. The van der Waals surface area contributed by atoms with Crippen LogP contribution in [0.15, 0.2) is 41.4 Å². The summed E-state index contributed by atoms with van der Waals surface area (Å²) in [5, 5.41) is 20.7. The van der Waals surface area contributed by atoms with Crippen LogP contribution >= 0.6 is 0 Å². The van der Waals surface area contributed by atoms with E-state index in [0.717, 1.165) is 17.7 Å². The average molecular weight is 325 g/mol. The number of fused-ring (bicyclic) bond motifs is 1. The quantitative estimate of drug-likeness (QED) is 0.533. The number of phenolic OH excluding ortho intramolecular Hbond substituents is 1. The first-order chi connectivity index (χ1) is 11.5. The largest absolute Gasteiger partial charge is 0.502 e. The number of phenols is 1. The number of benzene rings is 2. The van der Waals surface area contributed by atoms with Crippen molar-refractivity contribution < 1.29 is 14.8 Å². The highest BCUT2D eigenvalue weighted by molar-refractivity contribution is 5.94. The maximum atomic E-state index is 11.5. The molecule has 1 amide bonds. The summed E-state index contributed by atoms with van der Waals surface area (Å²) < 4.78 is 0. The second-order valence-corrected chi connectivity index (χ2v) is 5.46. The van der Waals surface area contributed by atoms with E-state index in [9.17, 15) is 20.0 Å². The number of hydrogen-bond acceptors (Lipinski definition) is 5. The molecule has 3 rings (SSSR count). The van der Waals surface area contributed by atoms with Crippen molar-refractivity contribution >= 4 is 29.2 Å². The number of anilines is 1. The molecule has 0 unspecified atom stereocenters. The third-order valence-corrected chi connectivity index (χ3v) is 3.93. The van der Waals surface area contributed by atoms with Crippen molar-refractivity contribution in [2.75, 3.05) is 11.4 Å². The van der Waals surface area contributed by atoms with Crippen molar-refractivity contribution in [1.29, 1.82) is 0 Å². The minimum atomic E-state index is -0.640. The number of rotatable bonds is 3. The lowest BCUT2D eigenvalue weighted by Gasteiger charge is -2.14. The predicted molar refractivity (Wildman–Crippen MR) is 90.2 cm³/mol. The summed E-state index contributed by atoms with van der Waals surface area (Å²) in [6.45, 7) is 2.19. The van der Waals surface area contributed by atoms with Crippen LogP contribution in [0.4, 0.5) is 17.1 Å². The number of hydrogen-bond donors (Lipinski definition) is 1. The van der Waals surface area contributed by atoms with Crippen molar-refractivity contribution in [2.24, 2.45) is 4.99 Å². The summed E-state index contributed by atoms with van der Waals surface area (Å²) in [5.74, 6) is -0.401. The van der Waals surface area contributed by atoms with Gasteiger partial charge in [-0.05, 0) is 36.2 Å². The zero-order valence-electron chi connectivity index (χ0n) is 13.0. The summed E-state index contributed by atoms with van der Waals surface area (Å²) in [4.78, 5) is 27.7. The number of aliphatic imine (C=N–C) groups is 1. The number of amides is 1. The van der Waals surface area contributed by atoms with Gasteiger partial charge in [0.15, 0.2) is 0 Å². The van der Waals surface area contributed by atoms with Crippen molar-refractivity contribution in [3.8, 4) is 5.75 Å². The first kappa shape index (κ1) is 15.7. The van der Waals surface area contributed by atoms with E-state index in [1.807, 2.05) is 12.1 Å². The molecule has 0 saturated carbocycles. The Bertz CT molecular complexity index is 861. The molecule has 7 heteroatoms. The molecule has 0 saturated heterocycles. The van der Waals surface area contributed by atoms with Gasteiger partial charge in [0.1, 0.15) is 0 Å². The van der Waals surface area contributed by atoms with Crippen LogP contribution in [0.2, 0.25) is 0 Å². The Balaban J connectivity index is 1.88. The van der Waals surface area contributed by atoms with Gasteiger partial charge < -0.3 is 10.0 Å². The van der Waals surface area contributed by atoms with Crippen LogP contribution in [0.25, 0.3) is 0 Å². The molecule has 1 N–H and O–H groups in total. The molecule has 1 aliphatic rings. The van der Waals surface area contributed by atoms with E-state index >= 15 is 0 Å². The van der Waals surface area contributed by atoms with E-state index in [1.165, 1.54) is 25.3 Å². The molecule has 1 aliphatic heterocycles. The molecular formula is C17H15N3O4. The van der Waals surface area contributed by atoms with Gasteiger partial charge in [0.25, 0.3) is 0 Å². The highest BCUT2D eigenvalue weighted by atomic mass is 16.6. The predicted octanol–water partition coefficient (Wildman–Crippen LogP) is 2.96. The number of carbonyl (C=O) groups is 1. The summed E-state index contributed by atoms with van der Waals surface area (Å²) in [6, 6.07) is 9.76. The van der Waals surface area contributed by atoms with Gasteiger partial charge >= 0.3 is 5.69 Å². The summed E-state index contributed by atoms with van der Waals surface area (Å²) in [7, 11) is 0. The number of carbonyl (C=O) groups excluding carboxylic acids is 1. The van der Waals surface area contributed by atoms with Gasteiger partial charge in [-0.25, -0.2) is 0 Å². The summed E-state index contributed by atoms with van der Waals surface area (Å²) in [5.41, 5.74) is 2.49. The van der Waals surface area contributed by atoms with Gasteiger partial charge in [-0.3, -0.25) is 19.9 Å².